The standard InChI is InChI=1S/C22H22BrN5O6/c1-4-33-18-8-13(7-17(28(31)32)20(18)34-11-19(24)29)10-25-27-21(12(2)3)26-16-6-5-14(23)9-15(16)22(27)30/h5-10,12H,4,11H2,1-3H3,(H2,24,29). The van der Waals surface area contributed by atoms with Crippen LogP contribution in [-0.2, 0) is 4.79 Å². The number of carbonyl (C=O) groups is 1. The number of nitro benzene ring substituents is 1. The van der Waals surface area contributed by atoms with E-state index in [0.717, 1.165) is 4.47 Å². The largest absolute Gasteiger partial charge is 0.490 e. The van der Waals surface area contributed by atoms with Gasteiger partial charge in [-0.3, -0.25) is 19.7 Å². The van der Waals surface area contributed by atoms with Crippen molar-refractivity contribution in [1.29, 1.82) is 0 Å². The number of nitrogens with zero attached hydrogens (tertiary/aromatic N) is 4. The maximum absolute atomic E-state index is 13.2. The number of hydrogen-bond donors (Lipinski definition) is 1. The van der Waals surface area contributed by atoms with Gasteiger partial charge in [0, 0.05) is 22.0 Å². The molecule has 0 aliphatic heterocycles. The first-order valence-corrected chi connectivity index (χ1v) is 11.0. The van der Waals surface area contributed by atoms with E-state index in [1.165, 1.54) is 23.0 Å². The number of primary amides is 1. The Labute approximate surface area is 202 Å². The van der Waals surface area contributed by atoms with Crippen LogP contribution in [0.2, 0.25) is 0 Å². The van der Waals surface area contributed by atoms with Crippen molar-refractivity contribution >= 4 is 44.6 Å². The molecule has 0 radical (unpaired) electrons. The third kappa shape index (κ3) is 5.39. The summed E-state index contributed by atoms with van der Waals surface area (Å²) < 4.78 is 12.6. The van der Waals surface area contributed by atoms with E-state index in [9.17, 15) is 19.7 Å². The Balaban J connectivity index is 2.16. The van der Waals surface area contributed by atoms with Crippen molar-refractivity contribution in [2.75, 3.05) is 13.2 Å². The van der Waals surface area contributed by atoms with E-state index in [1.807, 2.05) is 13.8 Å². The van der Waals surface area contributed by atoms with E-state index in [0.29, 0.717) is 16.7 Å². The molecule has 0 saturated carbocycles. The molecular weight excluding hydrogens is 510 g/mol. The summed E-state index contributed by atoms with van der Waals surface area (Å²) in [6, 6.07) is 7.85. The normalized spacial score (nSPS) is 11.3. The van der Waals surface area contributed by atoms with Gasteiger partial charge in [-0.15, -0.1) is 0 Å². The van der Waals surface area contributed by atoms with Crippen molar-refractivity contribution in [3.05, 3.63) is 66.7 Å². The lowest BCUT2D eigenvalue weighted by Crippen LogP contribution is -2.23. The zero-order valence-electron chi connectivity index (χ0n) is 18.6. The first-order chi connectivity index (χ1) is 16.1. The van der Waals surface area contributed by atoms with Gasteiger partial charge in [-0.2, -0.15) is 9.78 Å². The summed E-state index contributed by atoms with van der Waals surface area (Å²) in [6.45, 7) is 5.07. The smallest absolute Gasteiger partial charge is 0.315 e. The summed E-state index contributed by atoms with van der Waals surface area (Å²) in [5, 5.41) is 16.3. The van der Waals surface area contributed by atoms with Gasteiger partial charge in [0.2, 0.25) is 5.75 Å². The lowest BCUT2D eigenvalue weighted by Gasteiger charge is -2.13. The number of fused-ring (bicyclic) bond motifs is 1. The van der Waals surface area contributed by atoms with Gasteiger partial charge in [0.25, 0.3) is 11.5 Å². The molecule has 0 fully saturated rings. The molecule has 12 heteroatoms. The molecule has 3 aromatic rings. The molecule has 178 valence electrons. The minimum atomic E-state index is -0.793. The molecule has 2 N–H and O–H groups in total. The van der Waals surface area contributed by atoms with Gasteiger partial charge in [0.05, 0.1) is 28.6 Å². The molecule has 0 atom stereocenters. The van der Waals surface area contributed by atoms with Crippen LogP contribution < -0.4 is 20.8 Å². The Morgan fingerprint density at radius 2 is 2.06 bits per heavy atom. The molecule has 0 aliphatic carbocycles. The third-order valence-corrected chi connectivity index (χ3v) is 5.08. The molecule has 0 bridgehead atoms. The van der Waals surface area contributed by atoms with Crippen molar-refractivity contribution in [3.63, 3.8) is 0 Å². The van der Waals surface area contributed by atoms with Crippen LogP contribution in [0.5, 0.6) is 11.5 Å². The van der Waals surface area contributed by atoms with Crippen LogP contribution in [0.15, 0.2) is 44.7 Å². The molecule has 0 spiro atoms. The van der Waals surface area contributed by atoms with Crippen LogP contribution >= 0.6 is 15.9 Å². The minimum absolute atomic E-state index is 0.0383. The zero-order chi connectivity index (χ0) is 25.0. The van der Waals surface area contributed by atoms with Gasteiger partial charge in [-0.1, -0.05) is 29.8 Å². The molecule has 0 unspecified atom stereocenters. The van der Waals surface area contributed by atoms with Gasteiger partial charge >= 0.3 is 5.69 Å². The van der Waals surface area contributed by atoms with Crippen LogP contribution in [0.1, 0.15) is 38.1 Å². The number of amides is 1. The summed E-state index contributed by atoms with van der Waals surface area (Å²) in [7, 11) is 0. The highest BCUT2D eigenvalue weighted by Gasteiger charge is 2.23. The first-order valence-electron chi connectivity index (χ1n) is 10.2. The fourth-order valence-electron chi connectivity index (χ4n) is 3.15. The second kappa shape index (κ2) is 10.4. The minimum Gasteiger partial charge on any atom is -0.490 e. The predicted octanol–water partition coefficient (Wildman–Crippen LogP) is 3.34. The molecule has 0 aliphatic rings. The van der Waals surface area contributed by atoms with Crippen LogP contribution in [0.3, 0.4) is 0 Å². The molecule has 0 saturated heterocycles. The highest BCUT2D eigenvalue weighted by molar-refractivity contribution is 9.10. The van der Waals surface area contributed by atoms with E-state index in [-0.39, 0.29) is 35.1 Å². The fraction of sp³-hybridized carbons (Fsp3) is 0.273. The molecule has 1 aromatic heterocycles. The first kappa shape index (κ1) is 24.8. The van der Waals surface area contributed by atoms with E-state index >= 15 is 0 Å². The highest BCUT2D eigenvalue weighted by Crippen LogP contribution is 2.38. The number of aromatic nitrogens is 2. The second-order valence-electron chi connectivity index (χ2n) is 7.46. The average molecular weight is 532 g/mol. The summed E-state index contributed by atoms with van der Waals surface area (Å²) in [5.41, 5.74) is 5.09. The number of rotatable bonds is 9. The number of nitro groups is 1. The van der Waals surface area contributed by atoms with Crippen LogP contribution in [0.4, 0.5) is 5.69 Å². The van der Waals surface area contributed by atoms with Gasteiger partial charge in [0.15, 0.2) is 12.4 Å². The fourth-order valence-corrected chi connectivity index (χ4v) is 3.51. The Morgan fingerprint density at radius 1 is 1.32 bits per heavy atom. The predicted molar refractivity (Wildman–Crippen MR) is 130 cm³/mol. The molecule has 1 heterocycles. The Kier molecular flexibility index (Phi) is 7.61. The van der Waals surface area contributed by atoms with Gasteiger partial charge in [0.1, 0.15) is 5.82 Å². The molecular formula is C22H22BrN5O6. The Morgan fingerprint density at radius 3 is 2.68 bits per heavy atom. The summed E-state index contributed by atoms with van der Waals surface area (Å²) in [4.78, 5) is 39.8. The van der Waals surface area contributed by atoms with Gasteiger partial charge < -0.3 is 15.2 Å². The van der Waals surface area contributed by atoms with Crippen molar-refractivity contribution in [1.82, 2.24) is 9.66 Å². The van der Waals surface area contributed by atoms with Crippen molar-refractivity contribution in [2.24, 2.45) is 10.8 Å². The Hall–Kier alpha value is -3.80. The topological polar surface area (TPSA) is 152 Å². The van der Waals surface area contributed by atoms with E-state index in [4.69, 9.17) is 15.2 Å². The highest BCUT2D eigenvalue weighted by atomic mass is 79.9. The van der Waals surface area contributed by atoms with Crippen LogP contribution in [0.25, 0.3) is 10.9 Å². The maximum atomic E-state index is 13.2. The molecule has 3 rings (SSSR count). The van der Waals surface area contributed by atoms with E-state index < -0.39 is 23.1 Å². The summed E-state index contributed by atoms with van der Waals surface area (Å²) in [6.07, 6.45) is 1.30. The Bertz CT molecular complexity index is 1350. The zero-order valence-corrected chi connectivity index (χ0v) is 20.2. The second-order valence-corrected chi connectivity index (χ2v) is 8.38. The van der Waals surface area contributed by atoms with Gasteiger partial charge in [-0.25, -0.2) is 4.98 Å². The van der Waals surface area contributed by atoms with Crippen LogP contribution in [0, 0.1) is 10.1 Å². The SMILES string of the molecule is CCOc1cc(C=Nn2c(C(C)C)nc3ccc(Br)cc3c2=O)cc([N+](=O)[O-])c1OCC(N)=O. The molecule has 1 amide bonds. The quantitative estimate of drug-likeness (QED) is 0.252. The molecule has 2 aromatic carbocycles. The number of hydrogen-bond acceptors (Lipinski definition) is 8. The lowest BCUT2D eigenvalue weighted by molar-refractivity contribution is -0.385. The number of ether oxygens (including phenoxy) is 2. The third-order valence-electron chi connectivity index (χ3n) is 4.58. The van der Waals surface area contributed by atoms with Gasteiger partial charge in [-0.05, 0) is 31.2 Å². The molecule has 11 nitrogen and oxygen atoms in total. The van der Waals surface area contributed by atoms with Crippen molar-refractivity contribution < 1.29 is 19.2 Å². The molecule has 34 heavy (non-hydrogen) atoms. The van der Waals surface area contributed by atoms with Crippen molar-refractivity contribution in [3.8, 4) is 11.5 Å². The number of benzene rings is 2. The van der Waals surface area contributed by atoms with E-state index in [1.54, 1.807) is 25.1 Å². The summed E-state index contributed by atoms with van der Waals surface area (Å²) >= 11 is 3.35. The van der Waals surface area contributed by atoms with Crippen molar-refractivity contribution in [2.45, 2.75) is 26.7 Å². The maximum Gasteiger partial charge on any atom is 0.315 e. The number of halogens is 1. The monoisotopic (exact) mass is 531 g/mol. The summed E-state index contributed by atoms with van der Waals surface area (Å²) in [5.74, 6) is -0.678. The van der Waals surface area contributed by atoms with E-state index in [2.05, 4.69) is 26.0 Å². The number of carbonyl (C=O) groups excluding carboxylic acids is 1. The average Bonchev–Trinajstić information content (AvgIpc) is 2.77. The van der Waals surface area contributed by atoms with Crippen LogP contribution in [-0.4, -0.2) is 39.9 Å². The lowest BCUT2D eigenvalue weighted by atomic mass is 10.1. The number of nitrogens with two attached hydrogens (primary N) is 1.